The van der Waals surface area contributed by atoms with Gasteiger partial charge in [-0.05, 0) is 42.2 Å². The first-order chi connectivity index (χ1) is 16.9. The molecule has 35 heavy (non-hydrogen) atoms. The Labute approximate surface area is 205 Å². The highest BCUT2D eigenvalue weighted by atomic mass is 32.2. The van der Waals surface area contributed by atoms with Gasteiger partial charge >= 0.3 is 5.97 Å². The van der Waals surface area contributed by atoms with Crippen LogP contribution in [0.3, 0.4) is 0 Å². The van der Waals surface area contributed by atoms with Crippen molar-refractivity contribution in [3.05, 3.63) is 71.8 Å². The molecule has 0 N–H and O–H groups in total. The topological polar surface area (TPSA) is 96.3 Å². The fourth-order valence-electron chi connectivity index (χ4n) is 4.07. The van der Waals surface area contributed by atoms with Crippen molar-refractivity contribution in [1.29, 1.82) is 0 Å². The third-order valence-electron chi connectivity index (χ3n) is 6.03. The lowest BCUT2D eigenvalue weighted by Crippen LogP contribution is -2.31. The van der Waals surface area contributed by atoms with Crippen LogP contribution >= 0.6 is 0 Å². The monoisotopic (exact) mass is 495 g/mol. The number of hydrazone groups is 1. The predicted molar refractivity (Wildman–Crippen MR) is 133 cm³/mol. The maximum Gasteiger partial charge on any atom is 0.331 e. The summed E-state index contributed by atoms with van der Waals surface area (Å²) in [6.07, 6.45) is 7.25. The summed E-state index contributed by atoms with van der Waals surface area (Å²) < 4.78 is 32.3. The standard InChI is InChI=1S/C26H29N3O5S/c30-25(29-19-16-24(27-29)22-8-4-3-5-9-22)20-34-26(31)15-12-21-10-13-23(14-11-21)35(32,33)28-17-6-1-2-7-18-28/h3-5,8-15H,1-2,6-7,16-20H2/b15-12+. The van der Waals surface area contributed by atoms with E-state index in [4.69, 9.17) is 4.74 Å². The molecule has 0 atom stereocenters. The van der Waals surface area contributed by atoms with Gasteiger partial charge in [-0.2, -0.15) is 9.41 Å². The van der Waals surface area contributed by atoms with Gasteiger partial charge in [0, 0.05) is 25.6 Å². The Morgan fingerprint density at radius 2 is 1.60 bits per heavy atom. The van der Waals surface area contributed by atoms with E-state index in [0.29, 0.717) is 31.6 Å². The lowest BCUT2D eigenvalue weighted by molar-refractivity contribution is -0.147. The molecule has 2 aliphatic rings. The zero-order valence-corrected chi connectivity index (χ0v) is 20.3. The molecule has 1 saturated heterocycles. The molecule has 8 nitrogen and oxygen atoms in total. The zero-order valence-electron chi connectivity index (χ0n) is 19.5. The lowest BCUT2D eigenvalue weighted by Gasteiger charge is -2.19. The summed E-state index contributed by atoms with van der Waals surface area (Å²) >= 11 is 0. The van der Waals surface area contributed by atoms with Gasteiger partial charge in [0.2, 0.25) is 10.0 Å². The molecular weight excluding hydrogens is 466 g/mol. The molecule has 0 bridgehead atoms. The van der Waals surface area contributed by atoms with Gasteiger partial charge in [0.1, 0.15) is 0 Å². The molecular formula is C26H29N3O5S. The number of rotatable bonds is 7. The molecule has 0 saturated carbocycles. The molecule has 0 radical (unpaired) electrons. The van der Waals surface area contributed by atoms with Gasteiger partial charge in [-0.25, -0.2) is 18.2 Å². The van der Waals surface area contributed by atoms with Crippen LogP contribution in [0.25, 0.3) is 6.08 Å². The maximum absolute atomic E-state index is 12.9. The number of carbonyl (C=O) groups excluding carboxylic acids is 2. The van der Waals surface area contributed by atoms with Crippen LogP contribution in [0.5, 0.6) is 0 Å². The molecule has 0 spiro atoms. The van der Waals surface area contributed by atoms with Crippen LogP contribution in [0.1, 0.15) is 43.2 Å². The second kappa shape index (κ2) is 11.4. The molecule has 0 aliphatic carbocycles. The van der Waals surface area contributed by atoms with Crippen molar-refractivity contribution in [3.8, 4) is 0 Å². The molecule has 2 heterocycles. The van der Waals surface area contributed by atoms with E-state index < -0.39 is 22.6 Å². The van der Waals surface area contributed by atoms with E-state index >= 15 is 0 Å². The molecule has 4 rings (SSSR count). The van der Waals surface area contributed by atoms with Crippen molar-refractivity contribution in [1.82, 2.24) is 9.31 Å². The van der Waals surface area contributed by atoms with E-state index in [1.807, 2.05) is 30.3 Å². The molecule has 2 aromatic carbocycles. The number of benzene rings is 2. The molecule has 0 aromatic heterocycles. The highest BCUT2D eigenvalue weighted by Crippen LogP contribution is 2.21. The Kier molecular flexibility index (Phi) is 8.09. The van der Waals surface area contributed by atoms with Crippen molar-refractivity contribution < 1.29 is 22.7 Å². The molecule has 2 aliphatic heterocycles. The van der Waals surface area contributed by atoms with Crippen LogP contribution in [0.4, 0.5) is 0 Å². The maximum atomic E-state index is 12.9. The van der Waals surface area contributed by atoms with Crippen molar-refractivity contribution in [2.24, 2.45) is 5.10 Å². The van der Waals surface area contributed by atoms with Gasteiger partial charge in [0.25, 0.3) is 5.91 Å². The van der Waals surface area contributed by atoms with Gasteiger partial charge in [0.15, 0.2) is 6.61 Å². The minimum absolute atomic E-state index is 0.241. The van der Waals surface area contributed by atoms with Crippen LogP contribution < -0.4 is 0 Å². The lowest BCUT2D eigenvalue weighted by atomic mass is 10.1. The Balaban J connectivity index is 1.28. The SMILES string of the molecule is O=C(/C=C/c1ccc(S(=O)(=O)N2CCCCCC2)cc1)OCC(=O)N1CCC(c2ccccc2)=N1. The fraction of sp³-hybridized carbons (Fsp3) is 0.346. The van der Waals surface area contributed by atoms with E-state index in [1.165, 1.54) is 17.2 Å². The zero-order chi connectivity index (χ0) is 24.7. The molecule has 9 heteroatoms. The Morgan fingerprint density at radius 3 is 2.29 bits per heavy atom. The summed E-state index contributed by atoms with van der Waals surface area (Å²) in [6.45, 7) is 1.14. The highest BCUT2D eigenvalue weighted by molar-refractivity contribution is 7.89. The predicted octanol–water partition coefficient (Wildman–Crippen LogP) is 3.44. The summed E-state index contributed by atoms with van der Waals surface area (Å²) in [6, 6.07) is 16.0. The van der Waals surface area contributed by atoms with Crippen molar-refractivity contribution in [3.63, 3.8) is 0 Å². The number of amides is 1. The minimum Gasteiger partial charge on any atom is -0.452 e. The average molecular weight is 496 g/mol. The number of sulfonamides is 1. The van der Waals surface area contributed by atoms with E-state index in [2.05, 4.69) is 5.10 Å². The Hall–Kier alpha value is -3.30. The van der Waals surface area contributed by atoms with Crippen molar-refractivity contribution in [2.75, 3.05) is 26.2 Å². The van der Waals surface area contributed by atoms with Crippen LogP contribution in [-0.2, 0) is 24.3 Å². The highest BCUT2D eigenvalue weighted by Gasteiger charge is 2.25. The number of hydrogen-bond donors (Lipinski definition) is 0. The number of carbonyl (C=O) groups is 2. The van der Waals surface area contributed by atoms with E-state index in [1.54, 1.807) is 28.6 Å². The number of ether oxygens (including phenoxy) is 1. The Morgan fingerprint density at radius 1 is 0.914 bits per heavy atom. The molecule has 1 amide bonds. The fourth-order valence-corrected chi connectivity index (χ4v) is 5.59. The molecule has 1 fully saturated rings. The third kappa shape index (κ3) is 6.43. The minimum atomic E-state index is -3.52. The summed E-state index contributed by atoms with van der Waals surface area (Å²) in [7, 11) is -3.52. The van der Waals surface area contributed by atoms with Gasteiger partial charge in [-0.15, -0.1) is 0 Å². The van der Waals surface area contributed by atoms with Crippen molar-refractivity contribution >= 4 is 33.7 Å². The first kappa shape index (κ1) is 24.8. The number of hydrogen-bond acceptors (Lipinski definition) is 6. The molecule has 2 aromatic rings. The summed E-state index contributed by atoms with van der Waals surface area (Å²) in [4.78, 5) is 24.7. The third-order valence-corrected chi connectivity index (χ3v) is 7.94. The van der Waals surface area contributed by atoms with E-state index in [0.717, 1.165) is 37.0 Å². The first-order valence-electron chi connectivity index (χ1n) is 11.8. The second-order valence-corrected chi connectivity index (χ2v) is 10.4. The van der Waals surface area contributed by atoms with E-state index in [9.17, 15) is 18.0 Å². The molecule has 0 unspecified atom stereocenters. The van der Waals surface area contributed by atoms with Gasteiger partial charge in [0.05, 0.1) is 17.2 Å². The summed E-state index contributed by atoms with van der Waals surface area (Å²) in [5, 5.41) is 5.66. The van der Waals surface area contributed by atoms with Gasteiger partial charge in [-0.1, -0.05) is 55.3 Å². The largest absolute Gasteiger partial charge is 0.452 e. The first-order valence-corrected chi connectivity index (χ1v) is 13.3. The van der Waals surface area contributed by atoms with Crippen LogP contribution in [0, 0.1) is 0 Å². The van der Waals surface area contributed by atoms with Gasteiger partial charge < -0.3 is 4.74 Å². The quantitative estimate of drug-likeness (QED) is 0.433. The van der Waals surface area contributed by atoms with Crippen molar-refractivity contribution in [2.45, 2.75) is 37.0 Å². The smallest absolute Gasteiger partial charge is 0.331 e. The van der Waals surface area contributed by atoms with E-state index in [-0.39, 0.29) is 10.8 Å². The average Bonchev–Trinajstić information content (AvgIpc) is 3.21. The molecule has 184 valence electrons. The summed E-state index contributed by atoms with van der Waals surface area (Å²) in [5.41, 5.74) is 2.44. The second-order valence-electron chi connectivity index (χ2n) is 8.51. The van der Waals surface area contributed by atoms with Crippen LogP contribution in [-0.4, -0.2) is 61.6 Å². The van der Waals surface area contributed by atoms with Crippen LogP contribution in [0.2, 0.25) is 0 Å². The van der Waals surface area contributed by atoms with Crippen LogP contribution in [0.15, 0.2) is 70.7 Å². The number of nitrogens with zero attached hydrogens (tertiary/aromatic N) is 3. The Bertz CT molecular complexity index is 1200. The normalized spacial score (nSPS) is 17.3. The summed E-state index contributed by atoms with van der Waals surface area (Å²) in [5.74, 6) is -1.05. The number of esters is 1. The van der Waals surface area contributed by atoms with Gasteiger partial charge in [-0.3, -0.25) is 4.79 Å².